The van der Waals surface area contributed by atoms with Gasteiger partial charge in [-0.05, 0) is 41.5 Å². The van der Waals surface area contributed by atoms with E-state index >= 15 is 0 Å². The molecule has 2 N–H and O–H groups in total. The number of pyridine rings is 1. The van der Waals surface area contributed by atoms with Crippen molar-refractivity contribution < 1.29 is 18.4 Å². The average molecular weight is 409 g/mol. The Morgan fingerprint density at radius 1 is 0.966 bits per heavy atom. The molecule has 0 radical (unpaired) electrons. The van der Waals surface area contributed by atoms with Crippen LogP contribution < -0.4 is 9.79 Å². The number of aromatic nitrogens is 1. The van der Waals surface area contributed by atoms with Crippen LogP contribution in [0.4, 0.5) is 5.69 Å². The summed E-state index contributed by atoms with van der Waals surface area (Å²) in [7, 11) is -4.05. The minimum atomic E-state index is -4.05. The number of rotatable bonds is 7. The number of hydrogen-bond donors (Lipinski definition) is 2. The quantitative estimate of drug-likeness (QED) is 0.462. The van der Waals surface area contributed by atoms with Crippen LogP contribution in [0.5, 0.6) is 0 Å². The van der Waals surface area contributed by atoms with Gasteiger partial charge in [-0.1, -0.05) is 48.6 Å². The Kier molecular flexibility index (Phi) is 6.38. The van der Waals surface area contributed by atoms with Crippen LogP contribution in [0.3, 0.4) is 0 Å². The Labute approximate surface area is 169 Å². The molecule has 1 aromatic heterocycles. The van der Waals surface area contributed by atoms with Gasteiger partial charge in [0.1, 0.15) is 6.54 Å². The highest BCUT2D eigenvalue weighted by Gasteiger charge is 2.28. The molecule has 0 atom stereocenters. The minimum absolute atomic E-state index is 0.0404. The molecule has 29 heavy (non-hydrogen) atoms. The molecule has 0 spiro atoms. The summed E-state index contributed by atoms with van der Waals surface area (Å²) in [6.07, 6.45) is 6.89. The summed E-state index contributed by atoms with van der Waals surface area (Å²) in [5.41, 5.74) is 3.29. The maximum Gasteiger partial charge on any atom is 0.264 e. The number of para-hydroxylation sites is 1. The maximum atomic E-state index is 13.2. The standard InChI is InChI=1S/C21H19N3O4S/c25-21(23-26)16-24(29(27,28)19-7-2-1-3-8-19)20-9-5-4-6-18(20)11-10-17-12-14-22-15-13-17/h1-15,26H,16H2,(H,23,25)/b11-10+. The maximum absolute atomic E-state index is 13.2. The van der Waals surface area contributed by atoms with Gasteiger partial charge < -0.3 is 0 Å². The fourth-order valence-corrected chi connectivity index (χ4v) is 4.17. The number of hydrogen-bond acceptors (Lipinski definition) is 5. The lowest BCUT2D eigenvalue weighted by Gasteiger charge is -2.25. The highest BCUT2D eigenvalue weighted by atomic mass is 32.2. The van der Waals surface area contributed by atoms with Crippen LogP contribution in [0.25, 0.3) is 12.2 Å². The van der Waals surface area contributed by atoms with E-state index in [1.807, 2.05) is 18.2 Å². The lowest BCUT2D eigenvalue weighted by molar-refractivity contribution is -0.127. The molecule has 0 bridgehead atoms. The van der Waals surface area contributed by atoms with Gasteiger partial charge in [0.05, 0.1) is 10.6 Å². The van der Waals surface area contributed by atoms with Gasteiger partial charge in [-0.15, -0.1) is 0 Å². The molecule has 0 aliphatic heterocycles. The van der Waals surface area contributed by atoms with Gasteiger partial charge in [0.15, 0.2) is 0 Å². The fourth-order valence-electron chi connectivity index (χ4n) is 2.70. The van der Waals surface area contributed by atoms with Gasteiger partial charge in [0, 0.05) is 12.4 Å². The zero-order valence-corrected chi connectivity index (χ0v) is 16.2. The number of sulfonamides is 1. The van der Waals surface area contributed by atoms with Crippen molar-refractivity contribution in [3.8, 4) is 0 Å². The van der Waals surface area contributed by atoms with E-state index in [1.54, 1.807) is 60.9 Å². The van der Waals surface area contributed by atoms with Gasteiger partial charge in [-0.25, -0.2) is 13.9 Å². The van der Waals surface area contributed by atoms with Crippen molar-refractivity contribution in [3.05, 3.63) is 90.3 Å². The highest BCUT2D eigenvalue weighted by molar-refractivity contribution is 7.92. The molecule has 0 unspecified atom stereocenters. The summed E-state index contributed by atoms with van der Waals surface area (Å²) in [4.78, 5) is 15.9. The molecule has 1 heterocycles. The van der Waals surface area contributed by atoms with Gasteiger partial charge in [-0.2, -0.15) is 0 Å². The van der Waals surface area contributed by atoms with Crippen LogP contribution in [0.2, 0.25) is 0 Å². The predicted octanol–water partition coefficient (Wildman–Crippen LogP) is 2.95. The van der Waals surface area contributed by atoms with Crippen molar-refractivity contribution in [2.75, 3.05) is 10.8 Å². The molecule has 0 saturated carbocycles. The van der Waals surface area contributed by atoms with Crippen LogP contribution in [0.15, 0.2) is 84.0 Å². The SMILES string of the molecule is O=C(CN(c1ccccc1/C=C/c1ccncc1)S(=O)(=O)c1ccccc1)NO. The monoisotopic (exact) mass is 409 g/mol. The van der Waals surface area contributed by atoms with Crippen molar-refractivity contribution in [1.82, 2.24) is 10.5 Å². The topological polar surface area (TPSA) is 99.6 Å². The number of carbonyl (C=O) groups is 1. The second-order valence-electron chi connectivity index (χ2n) is 6.03. The molecule has 7 nitrogen and oxygen atoms in total. The Morgan fingerprint density at radius 3 is 2.31 bits per heavy atom. The van der Waals surface area contributed by atoms with Gasteiger partial charge >= 0.3 is 0 Å². The summed E-state index contributed by atoms with van der Waals surface area (Å²) >= 11 is 0. The van der Waals surface area contributed by atoms with Crippen LogP contribution in [0, 0.1) is 0 Å². The average Bonchev–Trinajstić information content (AvgIpc) is 2.77. The van der Waals surface area contributed by atoms with Crippen molar-refractivity contribution in [2.45, 2.75) is 4.90 Å². The summed E-state index contributed by atoms with van der Waals surface area (Å²) in [5, 5.41) is 8.95. The molecule has 2 aromatic carbocycles. The first kappa shape index (κ1) is 20.2. The zero-order chi connectivity index (χ0) is 20.7. The number of benzene rings is 2. The minimum Gasteiger partial charge on any atom is -0.289 e. The van der Waals surface area contributed by atoms with Gasteiger partial charge in [-0.3, -0.25) is 19.3 Å². The third-order valence-electron chi connectivity index (χ3n) is 4.11. The Morgan fingerprint density at radius 2 is 1.62 bits per heavy atom. The second-order valence-corrected chi connectivity index (χ2v) is 7.89. The molecule has 0 aliphatic carbocycles. The van der Waals surface area contributed by atoms with Crippen molar-refractivity contribution in [3.63, 3.8) is 0 Å². The zero-order valence-electron chi connectivity index (χ0n) is 15.3. The van der Waals surface area contributed by atoms with E-state index in [0.29, 0.717) is 11.3 Å². The molecule has 8 heteroatoms. The number of anilines is 1. The van der Waals surface area contributed by atoms with Crippen LogP contribution in [0.1, 0.15) is 11.1 Å². The molecule has 148 valence electrons. The van der Waals surface area contributed by atoms with Crippen LogP contribution in [-0.4, -0.2) is 31.1 Å². The number of nitrogens with zero attached hydrogens (tertiary/aromatic N) is 2. The number of carbonyl (C=O) groups excluding carboxylic acids is 1. The lowest BCUT2D eigenvalue weighted by Crippen LogP contribution is -2.40. The van der Waals surface area contributed by atoms with E-state index in [0.717, 1.165) is 9.87 Å². The van der Waals surface area contributed by atoms with E-state index in [9.17, 15) is 13.2 Å². The largest absolute Gasteiger partial charge is 0.289 e. The highest BCUT2D eigenvalue weighted by Crippen LogP contribution is 2.28. The smallest absolute Gasteiger partial charge is 0.264 e. The summed E-state index contributed by atoms with van der Waals surface area (Å²) in [6.45, 7) is -0.576. The van der Waals surface area contributed by atoms with Crippen LogP contribution in [-0.2, 0) is 14.8 Å². The van der Waals surface area contributed by atoms with E-state index in [1.165, 1.54) is 17.6 Å². The van der Waals surface area contributed by atoms with Crippen molar-refractivity contribution in [2.24, 2.45) is 0 Å². The summed E-state index contributed by atoms with van der Waals surface area (Å²) in [5.74, 6) is -0.850. The number of hydroxylamine groups is 1. The first-order valence-electron chi connectivity index (χ1n) is 8.70. The number of amides is 1. The normalized spacial score (nSPS) is 11.3. The van der Waals surface area contributed by atoms with E-state index in [2.05, 4.69) is 4.98 Å². The third-order valence-corrected chi connectivity index (χ3v) is 5.88. The number of nitrogens with one attached hydrogen (secondary N) is 1. The molecule has 3 rings (SSSR count). The van der Waals surface area contributed by atoms with E-state index in [-0.39, 0.29) is 4.90 Å². The van der Waals surface area contributed by atoms with E-state index < -0.39 is 22.5 Å². The first-order valence-corrected chi connectivity index (χ1v) is 10.1. The summed E-state index contributed by atoms with van der Waals surface area (Å²) < 4.78 is 27.5. The predicted molar refractivity (Wildman–Crippen MR) is 111 cm³/mol. The molecule has 0 aliphatic rings. The van der Waals surface area contributed by atoms with Gasteiger partial charge in [0.2, 0.25) is 0 Å². The van der Waals surface area contributed by atoms with E-state index in [4.69, 9.17) is 5.21 Å². The van der Waals surface area contributed by atoms with Crippen molar-refractivity contribution >= 4 is 33.8 Å². The molecule has 0 fully saturated rings. The molecular formula is C21H19N3O4S. The van der Waals surface area contributed by atoms with Gasteiger partial charge in [0.25, 0.3) is 15.9 Å². The van der Waals surface area contributed by atoms with Crippen molar-refractivity contribution in [1.29, 1.82) is 0 Å². The Bertz CT molecular complexity index is 1100. The summed E-state index contributed by atoms with van der Waals surface area (Å²) in [6, 6.07) is 18.3. The Balaban J connectivity index is 2.07. The third kappa shape index (κ3) is 4.87. The first-order chi connectivity index (χ1) is 14.0. The molecule has 3 aromatic rings. The molecule has 0 saturated heterocycles. The lowest BCUT2D eigenvalue weighted by atomic mass is 10.1. The fraction of sp³-hybridized carbons (Fsp3) is 0.0476. The second kappa shape index (κ2) is 9.13. The molecule has 1 amide bonds. The molecular weight excluding hydrogens is 390 g/mol. The van der Waals surface area contributed by atoms with Crippen LogP contribution >= 0.6 is 0 Å². The Hall–Kier alpha value is -3.49.